The van der Waals surface area contributed by atoms with Crippen molar-refractivity contribution in [1.29, 1.82) is 0 Å². The number of nitro benzene ring substituents is 1. The number of nitrogens with zero attached hydrogens (tertiary/aromatic N) is 1. The predicted octanol–water partition coefficient (Wildman–Crippen LogP) is 6.73. The molecule has 0 aromatic heterocycles. The van der Waals surface area contributed by atoms with Crippen LogP contribution in [0.1, 0.15) is 90.8 Å². The van der Waals surface area contributed by atoms with Crippen molar-refractivity contribution >= 4 is 24.0 Å². The van der Waals surface area contributed by atoms with Gasteiger partial charge in [-0.2, -0.15) is 0 Å². The lowest BCUT2D eigenvalue weighted by Gasteiger charge is -2.29. The molecule has 1 amide bonds. The molecule has 2 rings (SSSR count). The fourth-order valence-electron chi connectivity index (χ4n) is 5.01. The van der Waals surface area contributed by atoms with E-state index >= 15 is 0 Å². The number of nitrogens with one attached hydrogen (secondary N) is 1. The van der Waals surface area contributed by atoms with E-state index in [2.05, 4.69) is 59.0 Å². The van der Waals surface area contributed by atoms with Crippen LogP contribution in [0.2, 0.25) is 0 Å². The van der Waals surface area contributed by atoms with E-state index in [1.165, 1.54) is 6.07 Å². The third-order valence-corrected chi connectivity index (χ3v) is 7.81. The van der Waals surface area contributed by atoms with E-state index in [0.717, 1.165) is 30.4 Å². The summed E-state index contributed by atoms with van der Waals surface area (Å²) in [6.07, 6.45) is 2.88. The van der Waals surface area contributed by atoms with Gasteiger partial charge in [0.15, 0.2) is 0 Å². The van der Waals surface area contributed by atoms with Crippen LogP contribution in [-0.2, 0) is 23.2 Å². The second-order valence-corrected chi connectivity index (χ2v) is 12.7. The van der Waals surface area contributed by atoms with Crippen molar-refractivity contribution in [2.45, 2.75) is 105 Å². The molecule has 0 radical (unpaired) electrons. The van der Waals surface area contributed by atoms with Crippen molar-refractivity contribution < 1.29 is 19.6 Å². The van der Waals surface area contributed by atoms with Crippen LogP contribution in [0.5, 0.6) is 5.75 Å². The van der Waals surface area contributed by atoms with Gasteiger partial charge in [0.1, 0.15) is 12.4 Å². The van der Waals surface area contributed by atoms with Crippen LogP contribution >= 0.6 is 12.4 Å². The molecule has 2 aromatic rings. The Hall–Kier alpha value is -2.68. The Labute approximate surface area is 258 Å². The number of unbranched alkanes of at least 4 members (excludes halogenated alkanes) is 1. The van der Waals surface area contributed by atoms with Crippen LogP contribution in [0.15, 0.2) is 42.5 Å². The Balaban J connectivity index is 0.00000882. The molecule has 4 atom stereocenters. The highest BCUT2D eigenvalue weighted by Gasteiger charge is 2.27. The van der Waals surface area contributed by atoms with Gasteiger partial charge in [0, 0.05) is 24.6 Å². The highest BCUT2D eigenvalue weighted by molar-refractivity contribution is 5.85. The molecule has 4 N–H and O–H groups in total. The van der Waals surface area contributed by atoms with Gasteiger partial charge in [-0.25, -0.2) is 0 Å². The van der Waals surface area contributed by atoms with Crippen LogP contribution in [0.3, 0.4) is 0 Å². The van der Waals surface area contributed by atoms with E-state index in [9.17, 15) is 20.0 Å². The van der Waals surface area contributed by atoms with E-state index in [-0.39, 0.29) is 52.8 Å². The number of carbonyl (C=O) groups is 1. The quantitative estimate of drug-likeness (QED) is 0.111. The van der Waals surface area contributed by atoms with Crippen LogP contribution in [0.25, 0.3) is 0 Å². The lowest BCUT2D eigenvalue weighted by Crippen LogP contribution is -2.41. The predicted molar refractivity (Wildman–Crippen MR) is 172 cm³/mol. The number of carbonyl (C=O) groups excluding carboxylic acids is 1. The number of hydrogen-bond acceptors (Lipinski definition) is 6. The molecule has 0 aliphatic rings. The molecule has 2 aromatic carbocycles. The zero-order chi connectivity index (χ0) is 30.7. The summed E-state index contributed by atoms with van der Waals surface area (Å²) in [4.78, 5) is 23.5. The van der Waals surface area contributed by atoms with Crippen LogP contribution in [0.4, 0.5) is 5.69 Å². The standard InChI is InChI=1S/C33H51N3O5.ClH/c1-8-9-16-35-32(38)23(4)17-30(37)28(34)20-26(22(2)3)18-24-14-15-27(33(5,6)7)31(19-24)41-21-25-12-10-11-13-29(25)36(39)40;/h10-15,19,22-23,26,28,30,37H,8-9,16-18,20-21,34H2,1-7H3,(H,35,38);1H/t23?,26-,28-,30-;/m0./s1. The Morgan fingerprint density at radius 2 is 1.79 bits per heavy atom. The van der Waals surface area contributed by atoms with E-state index < -0.39 is 12.1 Å². The van der Waals surface area contributed by atoms with Gasteiger partial charge in [0.05, 0.1) is 16.6 Å². The third-order valence-electron chi connectivity index (χ3n) is 7.81. The number of nitro groups is 1. The number of rotatable bonds is 16. The van der Waals surface area contributed by atoms with Gasteiger partial charge in [-0.1, -0.05) is 79.2 Å². The fraction of sp³-hybridized carbons (Fsp3) is 0.606. The largest absolute Gasteiger partial charge is 0.488 e. The van der Waals surface area contributed by atoms with Gasteiger partial charge in [-0.05, 0) is 66.2 Å². The van der Waals surface area contributed by atoms with Gasteiger partial charge in [-0.15, -0.1) is 12.4 Å². The van der Waals surface area contributed by atoms with Crippen LogP contribution < -0.4 is 15.8 Å². The van der Waals surface area contributed by atoms with Crippen LogP contribution in [0, 0.1) is 27.9 Å². The maximum absolute atomic E-state index is 12.4. The monoisotopic (exact) mass is 605 g/mol. The molecule has 42 heavy (non-hydrogen) atoms. The van der Waals surface area contributed by atoms with Crippen molar-refractivity contribution in [3.63, 3.8) is 0 Å². The van der Waals surface area contributed by atoms with Gasteiger partial charge in [-0.3, -0.25) is 14.9 Å². The smallest absolute Gasteiger partial charge is 0.276 e. The first-order valence-corrected chi connectivity index (χ1v) is 14.9. The molecule has 0 bridgehead atoms. The Bertz CT molecular complexity index is 1130. The summed E-state index contributed by atoms with van der Waals surface area (Å²) in [6.45, 7) is 15.3. The molecule has 0 spiro atoms. The number of nitrogens with two attached hydrogens (primary N) is 1. The Morgan fingerprint density at radius 1 is 1.12 bits per heavy atom. The second-order valence-electron chi connectivity index (χ2n) is 12.7. The first-order chi connectivity index (χ1) is 19.2. The maximum atomic E-state index is 12.4. The average molecular weight is 606 g/mol. The molecule has 1 unspecified atom stereocenters. The number of ether oxygens (including phenoxy) is 1. The summed E-state index contributed by atoms with van der Waals surface area (Å²) in [5, 5.41) is 25.3. The number of amides is 1. The summed E-state index contributed by atoms with van der Waals surface area (Å²) < 4.78 is 6.24. The highest BCUT2D eigenvalue weighted by atomic mass is 35.5. The molecule has 0 aliphatic heterocycles. The Morgan fingerprint density at radius 3 is 2.38 bits per heavy atom. The number of halogens is 1. The number of aliphatic hydroxyl groups is 1. The van der Waals surface area contributed by atoms with Crippen molar-refractivity contribution in [1.82, 2.24) is 5.32 Å². The SMILES string of the molecule is CCCCNC(=O)C(C)C[C@H](O)[C@@H](N)C[C@H](Cc1ccc(C(C)(C)C)c(OCc2ccccc2[N+](=O)[O-])c1)C(C)C.Cl. The summed E-state index contributed by atoms with van der Waals surface area (Å²) in [5.41, 5.74) is 8.98. The Kier molecular flexibility index (Phi) is 15.5. The zero-order valence-corrected chi connectivity index (χ0v) is 27.2. The molecule has 0 heterocycles. The summed E-state index contributed by atoms with van der Waals surface area (Å²) in [5.74, 6) is 0.884. The number of benzene rings is 2. The van der Waals surface area contributed by atoms with Crippen molar-refractivity contribution in [2.24, 2.45) is 23.5 Å². The number of hydrogen-bond donors (Lipinski definition) is 3. The normalized spacial score (nSPS) is 14.4. The van der Waals surface area contributed by atoms with E-state index in [1.807, 2.05) is 13.0 Å². The zero-order valence-electron chi connectivity index (χ0n) is 26.4. The summed E-state index contributed by atoms with van der Waals surface area (Å²) >= 11 is 0. The summed E-state index contributed by atoms with van der Waals surface area (Å²) in [7, 11) is 0. The first-order valence-electron chi connectivity index (χ1n) is 14.9. The molecule has 8 nitrogen and oxygen atoms in total. The third kappa shape index (κ3) is 11.5. The molecular weight excluding hydrogens is 554 g/mol. The molecule has 0 saturated carbocycles. The van der Waals surface area contributed by atoms with Gasteiger partial charge >= 0.3 is 0 Å². The van der Waals surface area contributed by atoms with E-state index in [0.29, 0.717) is 36.6 Å². The maximum Gasteiger partial charge on any atom is 0.276 e. The molecule has 9 heteroatoms. The molecule has 0 saturated heterocycles. The van der Waals surface area contributed by atoms with Crippen molar-refractivity contribution in [3.8, 4) is 5.75 Å². The molecule has 0 aliphatic carbocycles. The minimum atomic E-state index is -0.771. The lowest BCUT2D eigenvalue weighted by atomic mass is 9.81. The minimum absolute atomic E-state index is 0. The minimum Gasteiger partial charge on any atom is -0.488 e. The molecule has 0 fully saturated rings. The van der Waals surface area contributed by atoms with Gasteiger partial charge in [0.25, 0.3) is 5.69 Å². The fourth-order valence-corrected chi connectivity index (χ4v) is 5.01. The molecular formula is C33H52ClN3O5. The van der Waals surface area contributed by atoms with E-state index in [4.69, 9.17) is 10.5 Å². The van der Waals surface area contributed by atoms with Gasteiger partial charge in [0.2, 0.25) is 5.91 Å². The number of para-hydroxylation sites is 1. The molecule has 236 valence electrons. The highest BCUT2D eigenvalue weighted by Crippen LogP contribution is 2.35. The average Bonchev–Trinajstić information content (AvgIpc) is 2.90. The number of aliphatic hydroxyl groups excluding tert-OH is 1. The van der Waals surface area contributed by atoms with Crippen molar-refractivity contribution in [2.75, 3.05) is 6.54 Å². The topological polar surface area (TPSA) is 128 Å². The van der Waals surface area contributed by atoms with Crippen LogP contribution in [-0.4, -0.2) is 34.6 Å². The second kappa shape index (κ2) is 17.4. The summed E-state index contributed by atoms with van der Waals surface area (Å²) in [6, 6.07) is 12.4. The van der Waals surface area contributed by atoms with Gasteiger partial charge < -0.3 is 20.9 Å². The first kappa shape index (κ1) is 37.3. The van der Waals surface area contributed by atoms with Crippen molar-refractivity contribution in [3.05, 3.63) is 69.3 Å². The van der Waals surface area contributed by atoms with E-state index in [1.54, 1.807) is 18.2 Å². The lowest BCUT2D eigenvalue weighted by molar-refractivity contribution is -0.385.